The fourth-order valence-corrected chi connectivity index (χ4v) is 2.40. The van der Waals surface area contributed by atoms with Crippen LogP contribution in [0.1, 0.15) is 25.1 Å². The highest BCUT2D eigenvalue weighted by molar-refractivity contribution is 5.47. The van der Waals surface area contributed by atoms with Crippen LogP contribution in [0, 0.1) is 17.0 Å². The molecule has 1 aromatic carbocycles. The number of aryl methyl sites for hydroxylation is 1. The third kappa shape index (κ3) is 4.75. The van der Waals surface area contributed by atoms with Gasteiger partial charge in [-0.3, -0.25) is 10.1 Å². The molecule has 0 bridgehead atoms. The molecule has 0 aliphatic rings. The van der Waals surface area contributed by atoms with E-state index in [9.17, 15) is 15.2 Å². The van der Waals surface area contributed by atoms with Crippen molar-refractivity contribution >= 4 is 11.5 Å². The van der Waals surface area contributed by atoms with Crippen molar-refractivity contribution in [3.8, 4) is 0 Å². The Hall–Kier alpha value is -2.47. The first-order valence-electron chi connectivity index (χ1n) is 7.39. The second-order valence-corrected chi connectivity index (χ2v) is 6.19. The van der Waals surface area contributed by atoms with Gasteiger partial charge >= 0.3 is 0 Å². The number of nitrogens with zero attached hydrogens (tertiary/aromatic N) is 3. The number of hydrogen-bond donors (Lipinski definition) is 1. The fourth-order valence-electron chi connectivity index (χ4n) is 2.40. The quantitative estimate of drug-likeness (QED) is 0.654. The van der Waals surface area contributed by atoms with E-state index in [4.69, 9.17) is 0 Å². The third-order valence-corrected chi connectivity index (χ3v) is 3.36. The zero-order valence-corrected chi connectivity index (χ0v) is 13.6. The molecule has 0 saturated carbocycles. The molecule has 2 rings (SSSR count). The summed E-state index contributed by atoms with van der Waals surface area (Å²) in [4.78, 5) is 16.8. The molecule has 0 fully saturated rings. The van der Waals surface area contributed by atoms with Gasteiger partial charge in [-0.05, 0) is 32.4 Å². The predicted octanol–water partition coefficient (Wildman–Crippen LogP) is 3.08. The van der Waals surface area contributed by atoms with Crippen LogP contribution in [-0.2, 0) is 6.54 Å². The molecular formula is C17H21N3O3. The maximum Gasteiger partial charge on any atom is 0.290 e. The third-order valence-electron chi connectivity index (χ3n) is 3.36. The number of hydrogen-bond acceptors (Lipinski definition) is 5. The fraction of sp³-hybridized carbons (Fsp3) is 0.353. The summed E-state index contributed by atoms with van der Waals surface area (Å²) >= 11 is 0. The average molecular weight is 315 g/mol. The summed E-state index contributed by atoms with van der Waals surface area (Å²) in [5.41, 5.74) is 0.527. The zero-order valence-electron chi connectivity index (χ0n) is 13.6. The molecular weight excluding hydrogens is 294 g/mol. The molecule has 2 aromatic rings. The number of aromatic nitrogens is 1. The molecule has 0 unspecified atom stereocenters. The number of aliphatic hydroxyl groups is 1. The van der Waals surface area contributed by atoms with Crippen molar-refractivity contribution in [3.63, 3.8) is 0 Å². The molecule has 6 nitrogen and oxygen atoms in total. The Morgan fingerprint density at radius 2 is 1.87 bits per heavy atom. The smallest absolute Gasteiger partial charge is 0.290 e. The van der Waals surface area contributed by atoms with Crippen molar-refractivity contribution < 1.29 is 10.0 Å². The van der Waals surface area contributed by atoms with Crippen LogP contribution in [0.15, 0.2) is 42.5 Å². The number of benzene rings is 1. The highest BCUT2D eigenvalue weighted by atomic mass is 16.6. The Morgan fingerprint density at radius 3 is 2.39 bits per heavy atom. The first kappa shape index (κ1) is 16.9. The van der Waals surface area contributed by atoms with Gasteiger partial charge in [-0.15, -0.1) is 0 Å². The molecule has 23 heavy (non-hydrogen) atoms. The summed E-state index contributed by atoms with van der Waals surface area (Å²) in [6, 6.07) is 12.9. The largest absolute Gasteiger partial charge is 0.389 e. The maximum atomic E-state index is 10.9. The van der Waals surface area contributed by atoms with Gasteiger partial charge in [0.05, 0.1) is 10.5 Å². The normalized spacial score (nSPS) is 11.3. The molecule has 1 N–H and O–H groups in total. The van der Waals surface area contributed by atoms with Crippen LogP contribution in [0.25, 0.3) is 0 Å². The minimum absolute atomic E-state index is 0.00308. The minimum Gasteiger partial charge on any atom is -0.389 e. The lowest BCUT2D eigenvalue weighted by Gasteiger charge is -2.30. The molecule has 1 heterocycles. The van der Waals surface area contributed by atoms with Gasteiger partial charge in [0.2, 0.25) is 0 Å². The van der Waals surface area contributed by atoms with Gasteiger partial charge in [0.1, 0.15) is 11.5 Å². The van der Waals surface area contributed by atoms with E-state index < -0.39 is 10.5 Å². The summed E-state index contributed by atoms with van der Waals surface area (Å²) in [6.45, 7) is 6.00. The SMILES string of the molecule is Cc1nc(N(Cc2ccccc2)CC(C)(C)O)ccc1[N+](=O)[O-]. The van der Waals surface area contributed by atoms with Gasteiger partial charge in [0.25, 0.3) is 5.69 Å². The van der Waals surface area contributed by atoms with Crippen molar-refractivity contribution in [2.75, 3.05) is 11.4 Å². The van der Waals surface area contributed by atoms with Gasteiger partial charge in [-0.2, -0.15) is 0 Å². The Balaban J connectivity index is 2.33. The van der Waals surface area contributed by atoms with Crippen molar-refractivity contribution in [2.24, 2.45) is 0 Å². The van der Waals surface area contributed by atoms with E-state index in [1.807, 2.05) is 35.2 Å². The lowest BCUT2D eigenvalue weighted by Crippen LogP contribution is -2.38. The van der Waals surface area contributed by atoms with Gasteiger partial charge in [-0.1, -0.05) is 30.3 Å². The first-order chi connectivity index (χ1) is 10.8. The number of rotatable bonds is 6. The topological polar surface area (TPSA) is 79.5 Å². The van der Waals surface area contributed by atoms with Crippen molar-refractivity contribution in [1.29, 1.82) is 0 Å². The lowest BCUT2D eigenvalue weighted by atomic mass is 10.1. The van der Waals surface area contributed by atoms with Crippen molar-refractivity contribution in [2.45, 2.75) is 32.9 Å². The molecule has 0 aliphatic heterocycles. The van der Waals surface area contributed by atoms with Crippen molar-refractivity contribution in [3.05, 3.63) is 63.8 Å². The average Bonchev–Trinajstić information content (AvgIpc) is 2.45. The highest BCUT2D eigenvalue weighted by Gasteiger charge is 2.21. The van der Waals surface area contributed by atoms with E-state index in [2.05, 4.69) is 4.98 Å². The Bertz CT molecular complexity index is 681. The molecule has 0 radical (unpaired) electrons. The van der Waals surface area contributed by atoms with Gasteiger partial charge < -0.3 is 10.0 Å². The molecule has 0 saturated heterocycles. The molecule has 1 aromatic heterocycles. The summed E-state index contributed by atoms with van der Waals surface area (Å²) in [5.74, 6) is 0.610. The monoisotopic (exact) mass is 315 g/mol. The predicted molar refractivity (Wildman–Crippen MR) is 89.4 cm³/mol. The van der Waals surface area contributed by atoms with E-state index in [0.29, 0.717) is 24.6 Å². The summed E-state index contributed by atoms with van der Waals surface area (Å²) < 4.78 is 0. The van der Waals surface area contributed by atoms with Crippen LogP contribution in [-0.4, -0.2) is 27.2 Å². The van der Waals surface area contributed by atoms with Gasteiger partial charge in [0, 0.05) is 19.2 Å². The number of anilines is 1. The van der Waals surface area contributed by atoms with Crippen LogP contribution in [0.5, 0.6) is 0 Å². The van der Waals surface area contributed by atoms with Crippen LogP contribution < -0.4 is 4.90 Å². The number of nitro groups is 1. The van der Waals surface area contributed by atoms with Crippen LogP contribution in [0.3, 0.4) is 0 Å². The van der Waals surface area contributed by atoms with E-state index in [1.165, 1.54) is 6.07 Å². The second kappa shape index (κ2) is 6.75. The number of pyridine rings is 1. The minimum atomic E-state index is -0.911. The Kier molecular flexibility index (Phi) is 4.95. The van der Waals surface area contributed by atoms with Gasteiger partial charge in [-0.25, -0.2) is 4.98 Å². The zero-order chi connectivity index (χ0) is 17.0. The van der Waals surface area contributed by atoms with E-state index in [0.717, 1.165) is 5.56 Å². The first-order valence-corrected chi connectivity index (χ1v) is 7.39. The summed E-state index contributed by atoms with van der Waals surface area (Å²) in [5, 5.41) is 21.1. The van der Waals surface area contributed by atoms with Crippen LogP contribution >= 0.6 is 0 Å². The summed E-state index contributed by atoms with van der Waals surface area (Å²) in [6.07, 6.45) is 0. The molecule has 0 aliphatic carbocycles. The maximum absolute atomic E-state index is 10.9. The second-order valence-electron chi connectivity index (χ2n) is 6.19. The van der Waals surface area contributed by atoms with Gasteiger partial charge in [0.15, 0.2) is 0 Å². The van der Waals surface area contributed by atoms with Crippen LogP contribution in [0.2, 0.25) is 0 Å². The standard InChI is InChI=1S/C17H21N3O3/c1-13-15(20(22)23)9-10-16(18-13)19(12-17(2,3)21)11-14-7-5-4-6-8-14/h4-10,21H,11-12H2,1-3H3. The van der Waals surface area contributed by atoms with Crippen molar-refractivity contribution in [1.82, 2.24) is 4.98 Å². The van der Waals surface area contributed by atoms with Crippen LogP contribution in [0.4, 0.5) is 11.5 Å². The highest BCUT2D eigenvalue weighted by Crippen LogP contribution is 2.23. The molecule has 122 valence electrons. The molecule has 0 amide bonds. The molecule has 0 atom stereocenters. The van der Waals surface area contributed by atoms with E-state index >= 15 is 0 Å². The lowest BCUT2D eigenvalue weighted by molar-refractivity contribution is -0.385. The summed E-state index contributed by atoms with van der Waals surface area (Å²) in [7, 11) is 0. The van der Waals surface area contributed by atoms with E-state index in [-0.39, 0.29) is 5.69 Å². The molecule has 6 heteroatoms. The Morgan fingerprint density at radius 1 is 1.22 bits per heavy atom. The van der Waals surface area contributed by atoms with E-state index in [1.54, 1.807) is 26.8 Å². The Labute approximate surface area is 135 Å². The molecule has 0 spiro atoms.